The van der Waals surface area contributed by atoms with E-state index in [1.165, 1.54) is 0 Å². The number of hydrogen-bond acceptors (Lipinski definition) is 3. The van der Waals surface area contributed by atoms with Gasteiger partial charge in [-0.1, -0.05) is 36.4 Å². The minimum Gasteiger partial charge on any atom is -0.508 e. The third-order valence-corrected chi connectivity index (χ3v) is 4.20. The van der Waals surface area contributed by atoms with Gasteiger partial charge < -0.3 is 14.6 Å². The summed E-state index contributed by atoms with van der Waals surface area (Å²) >= 11 is 0. The molecule has 9 heteroatoms. The van der Waals surface area contributed by atoms with Crippen LogP contribution in [-0.2, 0) is 27.9 Å². The van der Waals surface area contributed by atoms with Gasteiger partial charge in [-0.25, -0.2) is 0 Å². The minimum absolute atomic E-state index is 0.0414. The van der Waals surface area contributed by atoms with E-state index in [9.17, 15) is 31.4 Å². The molecule has 0 atom stereocenters. The zero-order chi connectivity index (χ0) is 21.0. The van der Waals surface area contributed by atoms with E-state index in [4.69, 9.17) is 0 Å². The molecular weight excluding hydrogens is 390 g/mol. The smallest absolute Gasteiger partial charge is 0.430 e. The number of phenols is 1. The fourth-order valence-electron chi connectivity index (χ4n) is 2.81. The predicted octanol–water partition coefficient (Wildman–Crippen LogP) is 5.12. The molecule has 0 aliphatic carbocycles. The van der Waals surface area contributed by atoms with Crippen LogP contribution in [0.4, 0.5) is 26.3 Å². The molecule has 0 saturated carbocycles. The molecule has 0 radical (unpaired) electrons. The lowest BCUT2D eigenvalue weighted by molar-refractivity contribution is -0.400. The first-order chi connectivity index (χ1) is 13.0. The quantitative estimate of drug-likeness (QED) is 0.511. The number of hydrogen-bond donors (Lipinski definition) is 1. The van der Waals surface area contributed by atoms with Gasteiger partial charge in [0.25, 0.3) is 5.60 Å². The van der Waals surface area contributed by atoms with E-state index in [2.05, 4.69) is 9.47 Å². The molecule has 2 aromatic carbocycles. The molecule has 2 rings (SSSR count). The van der Waals surface area contributed by atoms with Crippen molar-refractivity contribution in [3.63, 3.8) is 0 Å². The summed E-state index contributed by atoms with van der Waals surface area (Å²) in [7, 11) is 0.916. The summed E-state index contributed by atoms with van der Waals surface area (Å²) in [6, 6.07) is 10.8. The molecule has 2 aromatic rings. The van der Waals surface area contributed by atoms with Crippen LogP contribution < -0.4 is 0 Å². The van der Waals surface area contributed by atoms with Gasteiger partial charge in [-0.15, -0.1) is 0 Å². The number of ether oxygens (including phenoxy) is 2. The lowest BCUT2D eigenvalue weighted by atomic mass is 9.89. The third-order valence-electron chi connectivity index (χ3n) is 4.20. The van der Waals surface area contributed by atoms with Crippen LogP contribution in [0.25, 0.3) is 0 Å². The first-order valence-electron chi connectivity index (χ1n) is 8.15. The molecule has 28 heavy (non-hydrogen) atoms. The Morgan fingerprint density at radius 1 is 0.857 bits per heavy atom. The SMILES string of the molecule is COCOC(c1ccc(O)c(CCc2ccccc2)c1)(C(F)(F)F)C(F)(F)F. The minimum atomic E-state index is -5.81. The fourth-order valence-corrected chi connectivity index (χ4v) is 2.81. The summed E-state index contributed by atoms with van der Waals surface area (Å²) < 4.78 is 90.1. The Morgan fingerprint density at radius 3 is 2.00 bits per heavy atom. The lowest BCUT2D eigenvalue weighted by Gasteiger charge is -2.37. The van der Waals surface area contributed by atoms with Crippen molar-refractivity contribution in [1.29, 1.82) is 0 Å². The fraction of sp³-hybridized carbons (Fsp3) is 0.368. The summed E-state index contributed by atoms with van der Waals surface area (Å²) in [6.07, 6.45) is -11.3. The van der Waals surface area contributed by atoms with Gasteiger partial charge in [0.2, 0.25) is 0 Å². The van der Waals surface area contributed by atoms with Crippen molar-refractivity contribution in [2.24, 2.45) is 0 Å². The highest BCUT2D eigenvalue weighted by molar-refractivity contribution is 5.40. The van der Waals surface area contributed by atoms with Crippen molar-refractivity contribution in [1.82, 2.24) is 0 Å². The van der Waals surface area contributed by atoms with Gasteiger partial charge in [-0.2, -0.15) is 26.3 Å². The molecule has 0 aliphatic heterocycles. The second-order valence-electron chi connectivity index (χ2n) is 6.06. The zero-order valence-electron chi connectivity index (χ0n) is 14.8. The first kappa shape index (κ1) is 22.0. The van der Waals surface area contributed by atoms with Crippen LogP contribution in [0.3, 0.4) is 0 Å². The largest absolute Gasteiger partial charge is 0.508 e. The number of aryl methyl sites for hydroxylation is 2. The van der Waals surface area contributed by atoms with Gasteiger partial charge in [0.15, 0.2) is 0 Å². The summed E-state index contributed by atoms with van der Waals surface area (Å²) in [5, 5.41) is 9.93. The third kappa shape index (κ3) is 4.41. The monoisotopic (exact) mass is 408 g/mol. The number of phenolic OH excluding ortho intramolecular Hbond substituents is 1. The van der Waals surface area contributed by atoms with Gasteiger partial charge in [0.1, 0.15) is 12.5 Å². The zero-order valence-corrected chi connectivity index (χ0v) is 14.8. The normalized spacial score (nSPS) is 13.0. The van der Waals surface area contributed by atoms with Crippen LogP contribution in [-0.4, -0.2) is 31.4 Å². The Balaban J connectivity index is 2.49. The topological polar surface area (TPSA) is 38.7 Å². The molecule has 0 spiro atoms. The maximum Gasteiger partial charge on any atom is 0.430 e. The highest BCUT2D eigenvalue weighted by Crippen LogP contribution is 2.53. The van der Waals surface area contributed by atoms with Crippen molar-refractivity contribution in [3.8, 4) is 5.75 Å². The maximum atomic E-state index is 13.6. The van der Waals surface area contributed by atoms with Gasteiger partial charge in [-0.3, -0.25) is 0 Å². The standard InChI is InChI=1S/C19H18F6O3/c1-27-12-28-17(18(20,21)22,19(23,24)25)15-9-10-16(26)14(11-15)8-7-13-5-3-2-4-6-13/h2-6,9-11,26H,7-8,12H2,1H3. The summed E-state index contributed by atoms with van der Waals surface area (Å²) in [5.74, 6) is -0.398. The molecule has 154 valence electrons. The van der Waals surface area contributed by atoms with Crippen LogP contribution in [0.1, 0.15) is 16.7 Å². The number of alkyl halides is 6. The van der Waals surface area contributed by atoms with E-state index < -0.39 is 36.1 Å². The molecule has 0 aromatic heterocycles. The molecule has 1 N–H and O–H groups in total. The summed E-state index contributed by atoms with van der Waals surface area (Å²) in [5.41, 5.74) is -4.99. The van der Waals surface area contributed by atoms with Crippen molar-refractivity contribution in [2.75, 3.05) is 13.9 Å². The Hall–Kier alpha value is -2.26. The maximum absolute atomic E-state index is 13.6. The average molecular weight is 408 g/mol. The second-order valence-corrected chi connectivity index (χ2v) is 6.06. The molecule has 0 fully saturated rings. The van der Waals surface area contributed by atoms with E-state index >= 15 is 0 Å². The Morgan fingerprint density at radius 2 is 1.46 bits per heavy atom. The average Bonchev–Trinajstić information content (AvgIpc) is 2.61. The molecule has 0 unspecified atom stereocenters. The number of aromatic hydroxyl groups is 1. The molecule has 3 nitrogen and oxygen atoms in total. The Kier molecular flexibility index (Phi) is 6.61. The van der Waals surface area contributed by atoms with Crippen LogP contribution in [0, 0.1) is 0 Å². The van der Waals surface area contributed by atoms with E-state index in [1.807, 2.05) is 0 Å². The van der Waals surface area contributed by atoms with Crippen molar-refractivity contribution >= 4 is 0 Å². The highest BCUT2D eigenvalue weighted by atomic mass is 19.4. The number of halogens is 6. The second kappa shape index (κ2) is 8.40. The molecule has 0 amide bonds. The van der Waals surface area contributed by atoms with Crippen LogP contribution >= 0.6 is 0 Å². The Bertz CT molecular complexity index is 757. The van der Waals surface area contributed by atoms with Gasteiger partial charge in [0.05, 0.1) is 0 Å². The number of benzene rings is 2. The van der Waals surface area contributed by atoms with Gasteiger partial charge in [-0.05, 0) is 36.1 Å². The van der Waals surface area contributed by atoms with E-state index in [1.54, 1.807) is 30.3 Å². The van der Waals surface area contributed by atoms with E-state index in [-0.39, 0.29) is 12.0 Å². The van der Waals surface area contributed by atoms with Crippen LogP contribution in [0.2, 0.25) is 0 Å². The molecule has 0 bridgehead atoms. The van der Waals surface area contributed by atoms with Crippen molar-refractivity contribution < 1.29 is 40.9 Å². The molecule has 0 aliphatic rings. The summed E-state index contributed by atoms with van der Waals surface area (Å²) in [4.78, 5) is 0. The van der Waals surface area contributed by atoms with Crippen molar-refractivity contribution in [3.05, 3.63) is 65.2 Å². The molecular formula is C19H18F6O3. The van der Waals surface area contributed by atoms with Crippen LogP contribution in [0.5, 0.6) is 5.75 Å². The predicted molar refractivity (Wildman–Crippen MR) is 88.7 cm³/mol. The molecule has 0 heterocycles. The van der Waals surface area contributed by atoms with Gasteiger partial charge >= 0.3 is 12.4 Å². The highest BCUT2D eigenvalue weighted by Gasteiger charge is 2.73. The van der Waals surface area contributed by atoms with E-state index in [0.717, 1.165) is 18.7 Å². The summed E-state index contributed by atoms with van der Waals surface area (Å²) in [6.45, 7) is -1.22. The van der Waals surface area contributed by atoms with E-state index in [0.29, 0.717) is 18.6 Å². The van der Waals surface area contributed by atoms with Gasteiger partial charge in [0, 0.05) is 12.7 Å². The Labute approximate surface area is 157 Å². The first-order valence-corrected chi connectivity index (χ1v) is 8.15. The molecule has 0 saturated heterocycles. The lowest BCUT2D eigenvalue weighted by Crippen LogP contribution is -2.56. The van der Waals surface area contributed by atoms with Crippen molar-refractivity contribution in [2.45, 2.75) is 30.8 Å². The number of rotatable bonds is 7. The number of methoxy groups -OCH3 is 1. The van der Waals surface area contributed by atoms with Crippen LogP contribution in [0.15, 0.2) is 48.5 Å².